The predicted molar refractivity (Wildman–Crippen MR) is 72.5 cm³/mol. The Bertz CT molecular complexity index is 496. The van der Waals surface area contributed by atoms with Crippen molar-refractivity contribution in [2.45, 2.75) is 26.2 Å². The molecule has 0 radical (unpaired) electrons. The molecule has 1 aliphatic heterocycles. The van der Waals surface area contributed by atoms with Crippen molar-refractivity contribution < 1.29 is 14.3 Å². The van der Waals surface area contributed by atoms with Crippen molar-refractivity contribution in [3.05, 3.63) is 29.3 Å². The molecule has 0 saturated carbocycles. The molecule has 2 rings (SSSR count). The number of piperidine rings is 1. The van der Waals surface area contributed by atoms with Crippen molar-refractivity contribution in [3.8, 4) is 5.75 Å². The highest BCUT2D eigenvalue weighted by atomic mass is 16.5. The van der Waals surface area contributed by atoms with Crippen LogP contribution in [0.3, 0.4) is 0 Å². The molecule has 0 atom stereocenters. The van der Waals surface area contributed by atoms with Crippen LogP contribution in [0.2, 0.25) is 0 Å². The highest BCUT2D eigenvalue weighted by Crippen LogP contribution is 2.21. The number of carbonyl (C=O) groups excluding carboxylic acids is 2. The smallest absolute Gasteiger partial charge is 0.254 e. The summed E-state index contributed by atoms with van der Waals surface area (Å²) in [4.78, 5) is 25.4. The molecule has 4 heteroatoms. The molecular formula is C15H19NO3. The molecule has 0 bridgehead atoms. The first-order valence-corrected chi connectivity index (χ1v) is 6.63. The number of aryl methyl sites for hydroxylation is 1. The average molecular weight is 261 g/mol. The molecule has 1 heterocycles. The molecule has 4 nitrogen and oxygen atoms in total. The lowest BCUT2D eigenvalue weighted by Gasteiger charge is -2.26. The standard InChI is InChI=1S/C15H19NO3/c1-3-11-9-12(6-7-14(11)19-2)15(18)16-8-4-5-13(17)10-16/h6-7,9H,3-5,8,10H2,1-2H3. The van der Waals surface area contributed by atoms with Crippen molar-refractivity contribution in [3.63, 3.8) is 0 Å². The van der Waals surface area contributed by atoms with Gasteiger partial charge in [0.1, 0.15) is 5.75 Å². The number of likely N-dealkylation sites (tertiary alicyclic amines) is 1. The summed E-state index contributed by atoms with van der Waals surface area (Å²) in [5, 5.41) is 0. The van der Waals surface area contributed by atoms with E-state index in [1.165, 1.54) is 0 Å². The number of ether oxygens (including phenoxy) is 1. The Balaban J connectivity index is 2.21. The van der Waals surface area contributed by atoms with Crippen molar-refractivity contribution in [1.82, 2.24) is 4.90 Å². The summed E-state index contributed by atoms with van der Waals surface area (Å²) in [6, 6.07) is 5.44. The number of hydrogen-bond acceptors (Lipinski definition) is 3. The van der Waals surface area contributed by atoms with E-state index in [-0.39, 0.29) is 18.2 Å². The second-order valence-electron chi connectivity index (χ2n) is 4.75. The number of hydrogen-bond donors (Lipinski definition) is 0. The number of benzene rings is 1. The van der Waals surface area contributed by atoms with Crippen molar-refractivity contribution in [1.29, 1.82) is 0 Å². The fourth-order valence-electron chi connectivity index (χ4n) is 2.38. The number of ketones is 1. The van der Waals surface area contributed by atoms with Gasteiger partial charge in [-0.25, -0.2) is 0 Å². The lowest BCUT2D eigenvalue weighted by Crippen LogP contribution is -2.40. The zero-order valence-electron chi connectivity index (χ0n) is 11.4. The lowest BCUT2D eigenvalue weighted by atomic mass is 10.0. The van der Waals surface area contributed by atoms with Gasteiger partial charge in [0.15, 0.2) is 5.78 Å². The maximum atomic E-state index is 12.3. The van der Waals surface area contributed by atoms with Crippen LogP contribution < -0.4 is 4.74 Å². The van der Waals surface area contributed by atoms with E-state index < -0.39 is 0 Å². The molecule has 0 spiro atoms. The number of carbonyl (C=O) groups is 2. The first kappa shape index (κ1) is 13.6. The second kappa shape index (κ2) is 5.87. The lowest BCUT2D eigenvalue weighted by molar-refractivity contribution is -0.121. The largest absolute Gasteiger partial charge is 0.496 e. The maximum absolute atomic E-state index is 12.3. The molecule has 1 fully saturated rings. The first-order valence-electron chi connectivity index (χ1n) is 6.63. The monoisotopic (exact) mass is 261 g/mol. The van der Waals surface area contributed by atoms with E-state index in [1.807, 2.05) is 19.1 Å². The minimum atomic E-state index is -0.0644. The van der Waals surface area contributed by atoms with Crippen molar-refractivity contribution in [2.24, 2.45) is 0 Å². The highest BCUT2D eigenvalue weighted by Gasteiger charge is 2.22. The third-order valence-electron chi connectivity index (χ3n) is 3.45. The summed E-state index contributed by atoms with van der Waals surface area (Å²) in [6.07, 6.45) is 2.16. The molecule has 1 saturated heterocycles. The number of Topliss-reactive ketones (excluding diaryl/α,β-unsaturated/α-hetero) is 1. The zero-order valence-corrected chi connectivity index (χ0v) is 11.4. The van der Waals surface area contributed by atoms with E-state index in [0.29, 0.717) is 18.5 Å². The third kappa shape index (κ3) is 2.95. The van der Waals surface area contributed by atoms with Crippen LogP contribution in [0.4, 0.5) is 0 Å². The third-order valence-corrected chi connectivity index (χ3v) is 3.45. The van der Waals surface area contributed by atoms with Gasteiger partial charge in [-0.3, -0.25) is 9.59 Å². The molecule has 102 valence electrons. The van der Waals surface area contributed by atoms with Gasteiger partial charge in [-0.1, -0.05) is 6.92 Å². The van der Waals surface area contributed by atoms with E-state index in [1.54, 1.807) is 18.1 Å². The van der Waals surface area contributed by atoms with E-state index in [0.717, 1.165) is 24.2 Å². The van der Waals surface area contributed by atoms with Crippen LogP contribution >= 0.6 is 0 Å². The normalized spacial score (nSPS) is 15.5. The van der Waals surface area contributed by atoms with Crippen LogP contribution in [0.1, 0.15) is 35.7 Å². The van der Waals surface area contributed by atoms with E-state index in [9.17, 15) is 9.59 Å². The van der Waals surface area contributed by atoms with Gasteiger partial charge in [-0.15, -0.1) is 0 Å². The van der Waals surface area contributed by atoms with E-state index >= 15 is 0 Å². The fraction of sp³-hybridized carbons (Fsp3) is 0.467. The summed E-state index contributed by atoms with van der Waals surface area (Å²) in [7, 11) is 1.62. The maximum Gasteiger partial charge on any atom is 0.254 e. The average Bonchev–Trinajstić information content (AvgIpc) is 2.45. The summed E-state index contributed by atoms with van der Waals surface area (Å²) >= 11 is 0. The molecule has 1 aliphatic rings. The van der Waals surface area contributed by atoms with Gasteiger partial charge in [0.25, 0.3) is 5.91 Å². The molecule has 0 aromatic heterocycles. The van der Waals surface area contributed by atoms with E-state index in [4.69, 9.17) is 4.74 Å². The zero-order chi connectivity index (χ0) is 13.8. The Morgan fingerprint density at radius 3 is 2.84 bits per heavy atom. The van der Waals surface area contributed by atoms with Crippen LogP contribution in [0, 0.1) is 0 Å². The van der Waals surface area contributed by atoms with Crippen molar-refractivity contribution in [2.75, 3.05) is 20.2 Å². The highest BCUT2D eigenvalue weighted by molar-refractivity contribution is 5.97. The molecule has 19 heavy (non-hydrogen) atoms. The predicted octanol–water partition coefficient (Wildman–Crippen LogP) is 2.06. The van der Waals surface area contributed by atoms with Gasteiger partial charge in [0.2, 0.25) is 0 Å². The summed E-state index contributed by atoms with van der Waals surface area (Å²) < 4.78 is 5.25. The minimum Gasteiger partial charge on any atom is -0.496 e. The Labute approximate surface area is 113 Å². The van der Waals surface area contributed by atoms with Gasteiger partial charge in [0, 0.05) is 18.5 Å². The molecular weight excluding hydrogens is 242 g/mol. The summed E-state index contributed by atoms with van der Waals surface area (Å²) in [5.41, 5.74) is 1.64. The topological polar surface area (TPSA) is 46.6 Å². The summed E-state index contributed by atoms with van der Waals surface area (Å²) in [6.45, 7) is 2.93. The van der Waals surface area contributed by atoms with Crippen LogP contribution in [-0.4, -0.2) is 36.8 Å². The molecule has 0 N–H and O–H groups in total. The Kier molecular flexibility index (Phi) is 4.20. The van der Waals surface area contributed by atoms with Crippen LogP contribution in [-0.2, 0) is 11.2 Å². The number of amides is 1. The molecule has 0 aliphatic carbocycles. The first-order chi connectivity index (χ1) is 9.15. The Morgan fingerprint density at radius 2 is 2.21 bits per heavy atom. The van der Waals surface area contributed by atoms with Gasteiger partial charge in [-0.05, 0) is 36.6 Å². The molecule has 1 aromatic carbocycles. The van der Waals surface area contributed by atoms with Gasteiger partial charge in [0.05, 0.1) is 13.7 Å². The number of methoxy groups -OCH3 is 1. The van der Waals surface area contributed by atoms with Crippen LogP contribution in [0.5, 0.6) is 5.75 Å². The number of nitrogens with zero attached hydrogens (tertiary/aromatic N) is 1. The van der Waals surface area contributed by atoms with Crippen molar-refractivity contribution >= 4 is 11.7 Å². The molecule has 0 unspecified atom stereocenters. The van der Waals surface area contributed by atoms with E-state index in [2.05, 4.69) is 0 Å². The quantitative estimate of drug-likeness (QED) is 0.836. The second-order valence-corrected chi connectivity index (χ2v) is 4.75. The SMILES string of the molecule is CCc1cc(C(=O)N2CCCC(=O)C2)ccc1OC. The molecule has 1 aromatic rings. The molecule has 1 amide bonds. The minimum absolute atomic E-state index is 0.0644. The van der Waals surface area contributed by atoms with Crippen LogP contribution in [0.15, 0.2) is 18.2 Å². The fourth-order valence-corrected chi connectivity index (χ4v) is 2.38. The Morgan fingerprint density at radius 1 is 1.42 bits per heavy atom. The summed E-state index contributed by atoms with van der Waals surface area (Å²) in [5.74, 6) is 0.878. The van der Waals surface area contributed by atoms with Gasteiger partial charge in [-0.2, -0.15) is 0 Å². The number of rotatable bonds is 3. The Hall–Kier alpha value is -1.84. The van der Waals surface area contributed by atoms with Gasteiger partial charge < -0.3 is 9.64 Å². The van der Waals surface area contributed by atoms with Gasteiger partial charge >= 0.3 is 0 Å². The van der Waals surface area contributed by atoms with Crippen LogP contribution in [0.25, 0.3) is 0 Å².